The van der Waals surface area contributed by atoms with Gasteiger partial charge in [-0.3, -0.25) is 4.79 Å². The lowest BCUT2D eigenvalue weighted by Crippen LogP contribution is -2.49. The Morgan fingerprint density at radius 3 is 2.45 bits per heavy atom. The van der Waals surface area contributed by atoms with Crippen LogP contribution < -0.4 is 10.2 Å². The minimum Gasteiger partial charge on any atom is -0.450 e. The zero-order valence-corrected chi connectivity index (χ0v) is 18.7. The van der Waals surface area contributed by atoms with E-state index in [9.17, 15) is 14.9 Å². The topological polar surface area (TPSA) is 125 Å². The van der Waals surface area contributed by atoms with Crippen LogP contribution in [0.3, 0.4) is 0 Å². The molecule has 3 aromatic rings. The molecular formula is C23H24N6O4. The second-order valence-corrected chi connectivity index (χ2v) is 7.59. The summed E-state index contributed by atoms with van der Waals surface area (Å²) >= 11 is 0. The fraction of sp³-hybridized carbons (Fsp3) is 0.348. The largest absolute Gasteiger partial charge is 0.450 e. The van der Waals surface area contributed by atoms with Crippen LogP contribution in [0.2, 0.25) is 0 Å². The number of Topliss-reactive ketones (excluding diaryl/α,β-unsaturated/α-hetero) is 1. The first-order valence-corrected chi connectivity index (χ1v) is 10.7. The summed E-state index contributed by atoms with van der Waals surface area (Å²) < 4.78 is 10.8. The van der Waals surface area contributed by atoms with Crippen LogP contribution in [0.5, 0.6) is 0 Å². The summed E-state index contributed by atoms with van der Waals surface area (Å²) in [7, 11) is 0. The van der Waals surface area contributed by atoms with E-state index in [2.05, 4.69) is 11.4 Å². The molecule has 1 aliphatic heterocycles. The molecule has 3 heterocycles. The summed E-state index contributed by atoms with van der Waals surface area (Å²) in [6.07, 6.45) is -0.332. The van der Waals surface area contributed by atoms with Crippen LogP contribution in [0, 0.1) is 18.3 Å². The van der Waals surface area contributed by atoms with E-state index in [1.807, 2.05) is 29.2 Å². The van der Waals surface area contributed by atoms with Gasteiger partial charge in [0, 0.05) is 26.2 Å². The molecule has 1 amide bonds. The van der Waals surface area contributed by atoms with Crippen LogP contribution in [0.4, 0.5) is 22.3 Å². The molecule has 0 bridgehead atoms. The van der Waals surface area contributed by atoms with Gasteiger partial charge in [0.15, 0.2) is 17.4 Å². The number of piperazine rings is 1. The SMILES string of the molecule is CCOC(=O)N1CCN(c2nc3ccccc3nc2Nc2oc(C)c(C(C)=O)c2C#N)CC1. The van der Waals surface area contributed by atoms with Crippen molar-refractivity contribution in [3.63, 3.8) is 0 Å². The summed E-state index contributed by atoms with van der Waals surface area (Å²) in [6.45, 7) is 7.16. The number of ether oxygens (including phenoxy) is 1. The van der Waals surface area contributed by atoms with Crippen molar-refractivity contribution in [3.8, 4) is 6.07 Å². The van der Waals surface area contributed by atoms with Crippen LogP contribution in [-0.4, -0.2) is 59.5 Å². The van der Waals surface area contributed by atoms with Crippen molar-refractivity contribution in [3.05, 3.63) is 41.2 Å². The smallest absolute Gasteiger partial charge is 0.409 e. The van der Waals surface area contributed by atoms with E-state index in [4.69, 9.17) is 19.1 Å². The Bertz CT molecular complexity index is 1250. The van der Waals surface area contributed by atoms with Gasteiger partial charge in [-0.25, -0.2) is 14.8 Å². The molecule has 0 atom stereocenters. The summed E-state index contributed by atoms with van der Waals surface area (Å²) in [5, 5.41) is 12.7. The first-order chi connectivity index (χ1) is 15.9. The molecule has 2 aromatic heterocycles. The third-order valence-corrected chi connectivity index (χ3v) is 5.44. The van der Waals surface area contributed by atoms with Gasteiger partial charge in [-0.05, 0) is 32.9 Å². The number of aryl methyl sites for hydroxylation is 1. The number of amides is 1. The quantitative estimate of drug-likeness (QED) is 0.582. The van der Waals surface area contributed by atoms with Crippen LogP contribution >= 0.6 is 0 Å². The number of aromatic nitrogens is 2. The number of furan rings is 1. The highest BCUT2D eigenvalue weighted by Crippen LogP contribution is 2.33. The monoisotopic (exact) mass is 448 g/mol. The number of ketones is 1. The van der Waals surface area contributed by atoms with Crippen LogP contribution in [-0.2, 0) is 4.74 Å². The molecule has 1 N–H and O–H groups in total. The number of carbonyl (C=O) groups is 2. The number of para-hydroxylation sites is 2. The van der Waals surface area contributed by atoms with Crippen LogP contribution in [0.15, 0.2) is 28.7 Å². The van der Waals surface area contributed by atoms with E-state index in [1.54, 1.807) is 18.7 Å². The molecule has 0 saturated carbocycles. The van der Waals surface area contributed by atoms with Crippen molar-refractivity contribution < 1.29 is 18.7 Å². The molecule has 0 unspecified atom stereocenters. The van der Waals surface area contributed by atoms with Gasteiger partial charge in [-0.2, -0.15) is 5.26 Å². The number of fused-ring (bicyclic) bond motifs is 1. The van der Waals surface area contributed by atoms with Gasteiger partial charge in [-0.15, -0.1) is 0 Å². The average Bonchev–Trinajstić information content (AvgIpc) is 3.13. The fourth-order valence-corrected chi connectivity index (χ4v) is 3.88. The van der Waals surface area contributed by atoms with E-state index in [0.29, 0.717) is 61.2 Å². The average molecular weight is 448 g/mol. The minimum absolute atomic E-state index is 0.132. The fourth-order valence-electron chi connectivity index (χ4n) is 3.88. The van der Waals surface area contributed by atoms with Gasteiger partial charge >= 0.3 is 6.09 Å². The molecule has 4 rings (SSSR count). The summed E-state index contributed by atoms with van der Waals surface area (Å²) in [6, 6.07) is 9.52. The molecular weight excluding hydrogens is 424 g/mol. The highest BCUT2D eigenvalue weighted by molar-refractivity contribution is 5.99. The number of carbonyl (C=O) groups excluding carboxylic acids is 2. The lowest BCUT2D eigenvalue weighted by Gasteiger charge is -2.35. The number of nitrogens with zero attached hydrogens (tertiary/aromatic N) is 5. The Labute approximate surface area is 190 Å². The van der Waals surface area contributed by atoms with Gasteiger partial charge in [0.1, 0.15) is 17.4 Å². The first kappa shape index (κ1) is 22.1. The number of anilines is 3. The predicted molar refractivity (Wildman–Crippen MR) is 122 cm³/mol. The van der Waals surface area contributed by atoms with Crippen molar-refractivity contribution in [2.24, 2.45) is 0 Å². The Kier molecular flexibility index (Phi) is 6.13. The number of hydrogen-bond donors (Lipinski definition) is 1. The van der Waals surface area contributed by atoms with Gasteiger partial charge in [0.25, 0.3) is 0 Å². The second kappa shape index (κ2) is 9.16. The number of nitrogens with one attached hydrogen (secondary N) is 1. The molecule has 1 saturated heterocycles. The van der Waals surface area contributed by atoms with E-state index in [0.717, 1.165) is 0 Å². The van der Waals surface area contributed by atoms with E-state index in [1.165, 1.54) is 6.92 Å². The standard InChI is InChI=1S/C23H24N6O4/c1-4-32-23(31)29-11-9-28(10-12-29)21-20(25-17-7-5-6-8-18(17)26-21)27-22-16(13-24)19(14(2)30)15(3)33-22/h5-8H,4,9-12H2,1-3H3,(H,25,27). The molecule has 33 heavy (non-hydrogen) atoms. The normalized spacial score (nSPS) is 13.6. The molecule has 0 spiro atoms. The van der Waals surface area contributed by atoms with Crippen molar-refractivity contribution in [2.75, 3.05) is 43.0 Å². The van der Waals surface area contributed by atoms with Crippen LogP contribution in [0.25, 0.3) is 11.0 Å². The second-order valence-electron chi connectivity index (χ2n) is 7.59. The van der Waals surface area contributed by atoms with E-state index < -0.39 is 0 Å². The Hall–Kier alpha value is -4.13. The zero-order valence-electron chi connectivity index (χ0n) is 18.7. The van der Waals surface area contributed by atoms with Gasteiger partial charge < -0.3 is 24.3 Å². The van der Waals surface area contributed by atoms with Gasteiger partial charge in [0.2, 0.25) is 5.88 Å². The number of rotatable bonds is 5. The molecule has 1 fully saturated rings. The number of hydrogen-bond acceptors (Lipinski definition) is 9. The van der Waals surface area contributed by atoms with Crippen molar-refractivity contribution in [1.29, 1.82) is 5.26 Å². The highest BCUT2D eigenvalue weighted by atomic mass is 16.6. The third kappa shape index (κ3) is 4.30. The number of nitriles is 1. The summed E-state index contributed by atoms with van der Waals surface area (Å²) in [4.78, 5) is 37.3. The number of benzene rings is 1. The summed E-state index contributed by atoms with van der Waals surface area (Å²) in [5.74, 6) is 1.23. The maximum Gasteiger partial charge on any atom is 0.409 e. The van der Waals surface area contributed by atoms with Crippen molar-refractivity contribution in [2.45, 2.75) is 20.8 Å². The maximum atomic E-state index is 12.1. The van der Waals surface area contributed by atoms with Gasteiger partial charge in [-0.1, -0.05) is 12.1 Å². The lowest BCUT2D eigenvalue weighted by atomic mass is 10.1. The minimum atomic E-state index is -0.332. The molecule has 0 aliphatic carbocycles. The Morgan fingerprint density at radius 1 is 1.18 bits per heavy atom. The molecule has 0 radical (unpaired) electrons. The molecule has 1 aromatic carbocycles. The molecule has 1 aliphatic rings. The first-order valence-electron chi connectivity index (χ1n) is 10.7. The maximum absolute atomic E-state index is 12.1. The predicted octanol–water partition coefficient (Wildman–Crippen LogP) is 3.63. The van der Waals surface area contributed by atoms with Crippen molar-refractivity contribution in [1.82, 2.24) is 14.9 Å². The highest BCUT2D eigenvalue weighted by Gasteiger charge is 2.27. The molecule has 10 nitrogen and oxygen atoms in total. The van der Waals surface area contributed by atoms with Crippen LogP contribution in [0.1, 0.15) is 35.5 Å². The van der Waals surface area contributed by atoms with E-state index in [-0.39, 0.29) is 28.9 Å². The Morgan fingerprint density at radius 2 is 1.85 bits per heavy atom. The lowest BCUT2D eigenvalue weighted by molar-refractivity contribution is 0.101. The third-order valence-electron chi connectivity index (χ3n) is 5.44. The Balaban J connectivity index is 1.70. The molecule has 170 valence electrons. The summed E-state index contributed by atoms with van der Waals surface area (Å²) in [5.41, 5.74) is 1.76. The van der Waals surface area contributed by atoms with Gasteiger partial charge in [0.05, 0.1) is 23.2 Å². The zero-order chi connectivity index (χ0) is 23.5. The van der Waals surface area contributed by atoms with Crippen molar-refractivity contribution >= 4 is 40.4 Å². The molecule has 10 heteroatoms. The van der Waals surface area contributed by atoms with E-state index >= 15 is 0 Å².